The number of ether oxygens (including phenoxy) is 2. The first kappa shape index (κ1) is 17.8. The first-order valence-corrected chi connectivity index (χ1v) is 9.08. The summed E-state index contributed by atoms with van der Waals surface area (Å²) in [5.74, 6) is 2.11. The molecule has 0 aliphatic carbocycles. The molecular weight excluding hydrogens is 310 g/mol. The number of hydrogen-bond acceptors (Lipinski definition) is 3. The Balaban J connectivity index is 1.81. The van der Waals surface area contributed by atoms with Crippen molar-refractivity contribution < 1.29 is 9.47 Å². The SMILES string of the molecule is Cc1c(C)c2c(c(C)c1OCc1ccccc1)CC(CCN(C)C)O2. The average molecular weight is 339 g/mol. The molecule has 0 N–H and O–H groups in total. The van der Waals surface area contributed by atoms with E-state index in [1.807, 2.05) is 6.07 Å². The Labute approximate surface area is 151 Å². The van der Waals surface area contributed by atoms with Crippen LogP contribution in [0.3, 0.4) is 0 Å². The molecule has 3 heteroatoms. The summed E-state index contributed by atoms with van der Waals surface area (Å²) in [6.45, 7) is 8.11. The molecule has 0 amide bonds. The van der Waals surface area contributed by atoms with Gasteiger partial charge in [0.25, 0.3) is 0 Å². The molecule has 1 aliphatic heterocycles. The minimum Gasteiger partial charge on any atom is -0.489 e. The van der Waals surface area contributed by atoms with E-state index >= 15 is 0 Å². The first-order chi connectivity index (χ1) is 12.0. The van der Waals surface area contributed by atoms with Gasteiger partial charge in [0, 0.05) is 18.5 Å². The number of fused-ring (bicyclic) bond motifs is 1. The molecule has 0 spiro atoms. The highest BCUT2D eigenvalue weighted by molar-refractivity contribution is 5.59. The first-order valence-electron chi connectivity index (χ1n) is 9.08. The van der Waals surface area contributed by atoms with Crippen molar-refractivity contribution in [2.45, 2.75) is 46.3 Å². The van der Waals surface area contributed by atoms with Gasteiger partial charge in [-0.1, -0.05) is 30.3 Å². The second-order valence-electron chi connectivity index (χ2n) is 7.32. The molecular formula is C22H29NO2. The molecule has 1 aliphatic rings. The summed E-state index contributed by atoms with van der Waals surface area (Å²) in [5, 5.41) is 0. The molecule has 25 heavy (non-hydrogen) atoms. The van der Waals surface area contributed by atoms with E-state index in [4.69, 9.17) is 9.47 Å². The van der Waals surface area contributed by atoms with Crippen LogP contribution in [0.5, 0.6) is 11.5 Å². The summed E-state index contributed by atoms with van der Waals surface area (Å²) in [7, 11) is 4.22. The number of nitrogens with zero attached hydrogens (tertiary/aromatic N) is 1. The molecule has 2 aromatic carbocycles. The third kappa shape index (κ3) is 3.82. The molecule has 3 rings (SSSR count). The van der Waals surface area contributed by atoms with Gasteiger partial charge >= 0.3 is 0 Å². The van der Waals surface area contributed by atoms with Crippen molar-refractivity contribution in [3.05, 3.63) is 58.1 Å². The maximum Gasteiger partial charge on any atom is 0.126 e. The van der Waals surface area contributed by atoms with Crippen LogP contribution in [0.4, 0.5) is 0 Å². The summed E-state index contributed by atoms with van der Waals surface area (Å²) < 4.78 is 12.5. The van der Waals surface area contributed by atoms with Gasteiger partial charge in [-0.2, -0.15) is 0 Å². The van der Waals surface area contributed by atoms with Crippen molar-refractivity contribution in [1.29, 1.82) is 0 Å². The van der Waals surface area contributed by atoms with Crippen molar-refractivity contribution >= 4 is 0 Å². The van der Waals surface area contributed by atoms with Crippen LogP contribution < -0.4 is 9.47 Å². The molecule has 0 aromatic heterocycles. The normalized spacial score (nSPS) is 16.0. The van der Waals surface area contributed by atoms with Crippen LogP contribution in [0, 0.1) is 20.8 Å². The number of rotatable bonds is 6. The topological polar surface area (TPSA) is 21.7 Å². The summed E-state index contributed by atoms with van der Waals surface area (Å²) in [4.78, 5) is 2.21. The van der Waals surface area contributed by atoms with Crippen LogP contribution in [0.25, 0.3) is 0 Å². The van der Waals surface area contributed by atoms with E-state index in [-0.39, 0.29) is 6.10 Å². The molecule has 0 saturated carbocycles. The van der Waals surface area contributed by atoms with Gasteiger partial charge in [0.1, 0.15) is 24.2 Å². The molecule has 0 saturated heterocycles. The van der Waals surface area contributed by atoms with Crippen molar-refractivity contribution in [3.63, 3.8) is 0 Å². The second-order valence-corrected chi connectivity index (χ2v) is 7.32. The smallest absolute Gasteiger partial charge is 0.126 e. The highest BCUT2D eigenvalue weighted by Crippen LogP contribution is 2.43. The molecule has 1 unspecified atom stereocenters. The lowest BCUT2D eigenvalue weighted by Gasteiger charge is -2.18. The molecule has 0 bridgehead atoms. The van der Waals surface area contributed by atoms with Gasteiger partial charge in [-0.25, -0.2) is 0 Å². The van der Waals surface area contributed by atoms with Gasteiger partial charge in [-0.05, 0) is 63.5 Å². The average Bonchev–Trinajstić information content (AvgIpc) is 3.04. The largest absolute Gasteiger partial charge is 0.489 e. The summed E-state index contributed by atoms with van der Waals surface area (Å²) >= 11 is 0. The predicted molar refractivity (Wildman–Crippen MR) is 103 cm³/mol. The zero-order valence-electron chi connectivity index (χ0n) is 16.1. The third-order valence-corrected chi connectivity index (χ3v) is 5.15. The molecule has 3 nitrogen and oxygen atoms in total. The Morgan fingerprint density at radius 1 is 1.04 bits per heavy atom. The van der Waals surface area contributed by atoms with E-state index in [1.54, 1.807) is 0 Å². The maximum absolute atomic E-state index is 6.29. The van der Waals surface area contributed by atoms with E-state index in [2.05, 4.69) is 64.0 Å². The summed E-state index contributed by atoms with van der Waals surface area (Å²) in [5.41, 5.74) is 6.17. The van der Waals surface area contributed by atoms with E-state index in [0.29, 0.717) is 6.61 Å². The fourth-order valence-electron chi connectivity index (χ4n) is 3.51. The minimum absolute atomic E-state index is 0.276. The lowest BCUT2D eigenvalue weighted by atomic mass is 9.95. The van der Waals surface area contributed by atoms with E-state index in [1.165, 1.54) is 27.8 Å². The number of hydrogen-bond donors (Lipinski definition) is 0. The molecule has 1 heterocycles. The van der Waals surface area contributed by atoms with Gasteiger partial charge in [0.2, 0.25) is 0 Å². The fraction of sp³-hybridized carbons (Fsp3) is 0.455. The zero-order chi connectivity index (χ0) is 18.0. The van der Waals surface area contributed by atoms with Crippen LogP contribution in [0.1, 0.15) is 34.2 Å². The lowest BCUT2D eigenvalue weighted by molar-refractivity contribution is 0.202. The van der Waals surface area contributed by atoms with Crippen molar-refractivity contribution in [2.75, 3.05) is 20.6 Å². The Bertz CT molecular complexity index is 738. The molecule has 134 valence electrons. The Hall–Kier alpha value is -2.00. The fourth-order valence-corrected chi connectivity index (χ4v) is 3.51. The van der Waals surface area contributed by atoms with Crippen molar-refractivity contribution in [2.24, 2.45) is 0 Å². The highest BCUT2D eigenvalue weighted by Gasteiger charge is 2.29. The third-order valence-electron chi connectivity index (χ3n) is 5.15. The van der Waals surface area contributed by atoms with Crippen molar-refractivity contribution in [1.82, 2.24) is 4.90 Å². The number of benzene rings is 2. The maximum atomic E-state index is 6.29. The standard InChI is InChI=1S/C22H29NO2/c1-15-16(2)22-20(13-19(25-22)11-12-23(4)5)17(3)21(15)24-14-18-9-7-6-8-10-18/h6-10,19H,11-14H2,1-5H3. The van der Waals surface area contributed by atoms with Gasteiger partial charge < -0.3 is 14.4 Å². The van der Waals surface area contributed by atoms with E-state index in [9.17, 15) is 0 Å². The summed E-state index contributed by atoms with van der Waals surface area (Å²) in [6.07, 6.45) is 2.32. The molecule has 0 fully saturated rings. The quantitative estimate of drug-likeness (QED) is 0.776. The lowest BCUT2D eigenvalue weighted by Crippen LogP contribution is -2.22. The van der Waals surface area contributed by atoms with Crippen LogP contribution in [0.2, 0.25) is 0 Å². The molecule has 2 aromatic rings. The van der Waals surface area contributed by atoms with Crippen LogP contribution in [0.15, 0.2) is 30.3 Å². The predicted octanol–water partition coefficient (Wildman–Crippen LogP) is 4.45. The van der Waals surface area contributed by atoms with Crippen LogP contribution in [-0.4, -0.2) is 31.6 Å². The van der Waals surface area contributed by atoms with Gasteiger partial charge in [0.15, 0.2) is 0 Å². The second kappa shape index (κ2) is 7.49. The Morgan fingerprint density at radius 2 is 1.76 bits per heavy atom. The van der Waals surface area contributed by atoms with E-state index < -0.39 is 0 Å². The Kier molecular flexibility index (Phi) is 5.33. The molecule has 0 radical (unpaired) electrons. The minimum atomic E-state index is 0.276. The van der Waals surface area contributed by atoms with Crippen molar-refractivity contribution in [3.8, 4) is 11.5 Å². The van der Waals surface area contributed by atoms with Gasteiger partial charge in [-0.3, -0.25) is 0 Å². The van der Waals surface area contributed by atoms with Gasteiger partial charge in [-0.15, -0.1) is 0 Å². The van der Waals surface area contributed by atoms with E-state index in [0.717, 1.165) is 30.9 Å². The highest BCUT2D eigenvalue weighted by atomic mass is 16.5. The monoisotopic (exact) mass is 339 g/mol. The van der Waals surface area contributed by atoms with Gasteiger partial charge in [0.05, 0.1) is 0 Å². The molecule has 1 atom stereocenters. The summed E-state index contributed by atoms with van der Waals surface area (Å²) in [6, 6.07) is 10.3. The van der Waals surface area contributed by atoms with Crippen LogP contribution in [-0.2, 0) is 13.0 Å². The van der Waals surface area contributed by atoms with Crippen LogP contribution >= 0.6 is 0 Å². The zero-order valence-corrected chi connectivity index (χ0v) is 16.1. The Morgan fingerprint density at radius 3 is 2.44 bits per heavy atom.